The Morgan fingerprint density at radius 2 is 1.71 bits per heavy atom. The Morgan fingerprint density at radius 3 is 2.39 bits per heavy atom. The molecule has 2 aromatic rings. The molecule has 164 valence electrons. The molecule has 3 N–H and O–H groups in total. The molecule has 7 nitrogen and oxygen atoms in total. The number of piperazine rings is 1. The van der Waals surface area contributed by atoms with Crippen LogP contribution in [0, 0.1) is 0 Å². The summed E-state index contributed by atoms with van der Waals surface area (Å²) in [5.41, 5.74) is 1.23. The molecule has 1 fully saturated rings. The number of nitrogens with one attached hydrogen (secondary N) is 1. The molecule has 1 aliphatic rings. The smallest absolute Gasteiger partial charge is 0.251 e. The first-order valence-corrected chi connectivity index (χ1v) is 10.6. The van der Waals surface area contributed by atoms with Crippen molar-refractivity contribution in [2.45, 2.75) is 6.42 Å². The fourth-order valence-corrected chi connectivity index (χ4v) is 3.44. The van der Waals surface area contributed by atoms with Crippen LogP contribution in [-0.4, -0.2) is 71.1 Å². The van der Waals surface area contributed by atoms with Gasteiger partial charge in [-0.05, 0) is 54.9 Å². The third-order valence-electron chi connectivity index (χ3n) is 5.15. The number of hydrogen-bond acceptors (Lipinski definition) is 5. The first-order chi connectivity index (χ1) is 14.9. The number of hydrogen-bond donors (Lipinski definition) is 3. The van der Waals surface area contributed by atoms with Crippen LogP contribution in [0.2, 0.25) is 5.02 Å². The molecule has 8 heteroatoms. The lowest BCUT2D eigenvalue weighted by atomic mass is 10.2. The van der Waals surface area contributed by atoms with E-state index in [1.54, 1.807) is 24.3 Å². The molecule has 31 heavy (non-hydrogen) atoms. The minimum Gasteiger partial charge on any atom is -0.504 e. The van der Waals surface area contributed by atoms with Gasteiger partial charge in [-0.3, -0.25) is 14.5 Å². The summed E-state index contributed by atoms with van der Waals surface area (Å²) in [4.78, 5) is 28.6. The summed E-state index contributed by atoms with van der Waals surface area (Å²) < 4.78 is 0. The van der Waals surface area contributed by atoms with E-state index >= 15 is 0 Å². The van der Waals surface area contributed by atoms with E-state index in [-0.39, 0.29) is 23.3 Å². The zero-order valence-electron chi connectivity index (χ0n) is 17.1. The molecular weight excluding hydrogens is 418 g/mol. The fraction of sp³-hybridized carbons (Fsp3) is 0.304. The summed E-state index contributed by atoms with van der Waals surface area (Å²) in [6.45, 7) is 4.25. The minimum absolute atomic E-state index is 0.000913. The predicted molar refractivity (Wildman–Crippen MR) is 120 cm³/mol. The standard InChI is InChI=1S/C23H26ClN3O4/c24-19-6-2-17(3-7-19)4-9-22(30)27-14-12-26(13-15-27)11-1-10-25-23(31)18-5-8-20(28)21(29)16-18/h2-9,16,28-29H,1,10-15H2,(H,25,31)/b9-4+. The van der Waals surface area contributed by atoms with Gasteiger partial charge in [-0.15, -0.1) is 0 Å². The average Bonchev–Trinajstić information content (AvgIpc) is 2.78. The van der Waals surface area contributed by atoms with Gasteiger partial charge in [0.25, 0.3) is 5.91 Å². The van der Waals surface area contributed by atoms with E-state index < -0.39 is 0 Å². The van der Waals surface area contributed by atoms with Crippen LogP contribution in [0.1, 0.15) is 22.3 Å². The Balaban J connectivity index is 1.34. The van der Waals surface area contributed by atoms with Gasteiger partial charge in [-0.2, -0.15) is 0 Å². The lowest BCUT2D eigenvalue weighted by molar-refractivity contribution is -0.127. The van der Waals surface area contributed by atoms with Crippen molar-refractivity contribution >= 4 is 29.5 Å². The Labute approximate surface area is 186 Å². The number of carbonyl (C=O) groups excluding carboxylic acids is 2. The van der Waals surface area contributed by atoms with Crippen molar-refractivity contribution in [3.63, 3.8) is 0 Å². The maximum atomic E-state index is 12.4. The van der Waals surface area contributed by atoms with E-state index in [2.05, 4.69) is 10.2 Å². The quantitative estimate of drug-likeness (QED) is 0.347. The maximum absolute atomic E-state index is 12.4. The topological polar surface area (TPSA) is 93.1 Å². The van der Waals surface area contributed by atoms with Crippen molar-refractivity contribution in [1.82, 2.24) is 15.1 Å². The van der Waals surface area contributed by atoms with Gasteiger partial charge in [0.15, 0.2) is 11.5 Å². The molecule has 1 saturated heterocycles. The zero-order chi connectivity index (χ0) is 22.2. The van der Waals surface area contributed by atoms with Crippen LogP contribution in [0.25, 0.3) is 6.08 Å². The second kappa shape index (κ2) is 10.8. The van der Waals surface area contributed by atoms with Gasteiger partial charge in [0.1, 0.15) is 0 Å². The highest BCUT2D eigenvalue weighted by Gasteiger charge is 2.19. The van der Waals surface area contributed by atoms with Gasteiger partial charge >= 0.3 is 0 Å². The summed E-state index contributed by atoms with van der Waals surface area (Å²) in [6.07, 6.45) is 4.16. The van der Waals surface area contributed by atoms with E-state index in [0.29, 0.717) is 30.2 Å². The highest BCUT2D eigenvalue weighted by Crippen LogP contribution is 2.24. The number of rotatable bonds is 7. The van der Waals surface area contributed by atoms with E-state index in [4.69, 9.17) is 11.6 Å². The third-order valence-corrected chi connectivity index (χ3v) is 5.40. The summed E-state index contributed by atoms with van der Waals surface area (Å²) in [6, 6.07) is 11.3. The third kappa shape index (κ3) is 6.73. The van der Waals surface area contributed by atoms with E-state index in [0.717, 1.165) is 31.6 Å². The van der Waals surface area contributed by atoms with E-state index in [1.165, 1.54) is 18.2 Å². The van der Waals surface area contributed by atoms with Crippen molar-refractivity contribution in [1.29, 1.82) is 0 Å². The van der Waals surface area contributed by atoms with Crippen molar-refractivity contribution < 1.29 is 19.8 Å². The predicted octanol–water partition coefficient (Wildman–Crippen LogP) is 2.73. The number of nitrogens with zero attached hydrogens (tertiary/aromatic N) is 2. The maximum Gasteiger partial charge on any atom is 0.251 e. The van der Waals surface area contributed by atoms with E-state index in [1.807, 2.05) is 17.0 Å². The monoisotopic (exact) mass is 443 g/mol. The number of carbonyl (C=O) groups is 2. The van der Waals surface area contributed by atoms with Crippen LogP contribution in [0.4, 0.5) is 0 Å². The molecule has 0 aromatic heterocycles. The Bertz CT molecular complexity index is 938. The molecule has 2 aromatic carbocycles. The minimum atomic E-state index is -0.317. The summed E-state index contributed by atoms with van der Waals surface area (Å²) in [7, 11) is 0. The Hall–Kier alpha value is -3.03. The van der Waals surface area contributed by atoms with Gasteiger partial charge in [0, 0.05) is 49.4 Å². The second-order valence-electron chi connectivity index (χ2n) is 7.36. The van der Waals surface area contributed by atoms with Gasteiger partial charge in [-0.25, -0.2) is 0 Å². The Morgan fingerprint density at radius 1 is 1.00 bits per heavy atom. The Kier molecular flexibility index (Phi) is 7.92. The molecule has 0 radical (unpaired) electrons. The first-order valence-electron chi connectivity index (χ1n) is 10.2. The normalized spacial score (nSPS) is 14.7. The van der Waals surface area contributed by atoms with Crippen molar-refractivity contribution in [3.8, 4) is 11.5 Å². The lowest BCUT2D eigenvalue weighted by Crippen LogP contribution is -2.48. The summed E-state index contributed by atoms with van der Waals surface area (Å²) >= 11 is 5.87. The molecule has 0 atom stereocenters. The fourth-order valence-electron chi connectivity index (χ4n) is 3.31. The average molecular weight is 444 g/mol. The van der Waals surface area contributed by atoms with Crippen LogP contribution in [-0.2, 0) is 4.79 Å². The first kappa shape index (κ1) is 22.7. The van der Waals surface area contributed by atoms with Gasteiger partial charge in [-0.1, -0.05) is 23.7 Å². The summed E-state index contributed by atoms with van der Waals surface area (Å²) in [5.74, 6) is -0.866. The number of aromatic hydroxyl groups is 2. The zero-order valence-corrected chi connectivity index (χ0v) is 17.9. The number of halogens is 1. The molecule has 1 heterocycles. The number of phenolic OH excluding ortho intramolecular Hbond substituents is 2. The van der Waals surface area contributed by atoms with Crippen LogP contribution in [0.5, 0.6) is 11.5 Å². The number of benzene rings is 2. The number of amides is 2. The van der Waals surface area contributed by atoms with Crippen LogP contribution >= 0.6 is 11.6 Å². The van der Waals surface area contributed by atoms with Crippen molar-refractivity contribution in [3.05, 3.63) is 64.7 Å². The molecule has 2 amide bonds. The molecule has 3 rings (SSSR count). The molecule has 0 bridgehead atoms. The van der Waals surface area contributed by atoms with Crippen LogP contribution < -0.4 is 5.32 Å². The summed E-state index contributed by atoms with van der Waals surface area (Å²) in [5, 5.41) is 22.3. The molecule has 0 unspecified atom stereocenters. The van der Waals surface area contributed by atoms with Gasteiger partial charge in [0.2, 0.25) is 5.91 Å². The number of phenols is 2. The van der Waals surface area contributed by atoms with Crippen LogP contribution in [0.3, 0.4) is 0 Å². The molecule has 0 spiro atoms. The molecule has 1 aliphatic heterocycles. The van der Waals surface area contributed by atoms with E-state index in [9.17, 15) is 19.8 Å². The van der Waals surface area contributed by atoms with Crippen molar-refractivity contribution in [2.24, 2.45) is 0 Å². The lowest BCUT2D eigenvalue weighted by Gasteiger charge is -2.34. The molecular formula is C23H26ClN3O4. The highest BCUT2D eigenvalue weighted by molar-refractivity contribution is 6.30. The molecule has 0 saturated carbocycles. The van der Waals surface area contributed by atoms with Gasteiger partial charge < -0.3 is 20.4 Å². The van der Waals surface area contributed by atoms with Gasteiger partial charge in [0.05, 0.1) is 0 Å². The van der Waals surface area contributed by atoms with Crippen molar-refractivity contribution in [2.75, 3.05) is 39.3 Å². The SMILES string of the molecule is O=C(NCCCN1CCN(C(=O)/C=C/c2ccc(Cl)cc2)CC1)c1ccc(O)c(O)c1. The molecule has 0 aliphatic carbocycles. The highest BCUT2D eigenvalue weighted by atomic mass is 35.5. The second-order valence-corrected chi connectivity index (χ2v) is 7.80. The largest absolute Gasteiger partial charge is 0.504 e. The van der Waals surface area contributed by atoms with Crippen LogP contribution in [0.15, 0.2) is 48.5 Å².